The van der Waals surface area contributed by atoms with Gasteiger partial charge in [0.05, 0.1) is 0 Å². The lowest BCUT2D eigenvalue weighted by Crippen LogP contribution is -2.37. The maximum absolute atomic E-state index is 14.2. The highest BCUT2D eigenvalue weighted by Crippen LogP contribution is 2.43. The summed E-state index contributed by atoms with van der Waals surface area (Å²) in [4.78, 5) is 11.3. The van der Waals surface area contributed by atoms with Crippen molar-refractivity contribution < 1.29 is 19.0 Å². The van der Waals surface area contributed by atoms with Crippen LogP contribution in [-0.4, -0.2) is 16.7 Å². The molecular weight excluding hydrogens is 403 g/mol. The van der Waals surface area contributed by atoms with Crippen LogP contribution in [0.1, 0.15) is 69.4 Å². The molecule has 32 heavy (non-hydrogen) atoms. The predicted octanol–water partition coefficient (Wildman–Crippen LogP) is 7.30. The van der Waals surface area contributed by atoms with Crippen LogP contribution in [0, 0.1) is 11.7 Å². The van der Waals surface area contributed by atoms with Crippen LogP contribution in [-0.2, 0) is 4.79 Å². The van der Waals surface area contributed by atoms with Gasteiger partial charge in [-0.15, -0.1) is 0 Å². The van der Waals surface area contributed by atoms with E-state index in [4.69, 9.17) is 4.74 Å². The van der Waals surface area contributed by atoms with E-state index in [0.29, 0.717) is 28.9 Å². The van der Waals surface area contributed by atoms with Crippen molar-refractivity contribution in [1.29, 1.82) is 0 Å². The highest BCUT2D eigenvalue weighted by Gasteiger charge is 2.30. The maximum atomic E-state index is 14.2. The first-order valence-corrected chi connectivity index (χ1v) is 11.4. The van der Waals surface area contributed by atoms with E-state index >= 15 is 0 Å². The van der Waals surface area contributed by atoms with Crippen molar-refractivity contribution in [3.63, 3.8) is 0 Å². The van der Waals surface area contributed by atoms with Crippen LogP contribution >= 0.6 is 0 Å². The van der Waals surface area contributed by atoms with Gasteiger partial charge in [0.1, 0.15) is 11.6 Å². The van der Waals surface area contributed by atoms with Gasteiger partial charge in [-0.2, -0.15) is 0 Å². The van der Waals surface area contributed by atoms with Gasteiger partial charge in [-0.05, 0) is 92.0 Å². The smallest absolute Gasteiger partial charge is 0.347 e. The second kappa shape index (κ2) is 8.93. The van der Waals surface area contributed by atoms with Crippen LogP contribution in [0.25, 0.3) is 10.8 Å². The van der Waals surface area contributed by atoms with Crippen molar-refractivity contribution in [2.24, 2.45) is 5.92 Å². The van der Waals surface area contributed by atoms with Gasteiger partial charge in [0, 0.05) is 5.39 Å². The summed E-state index contributed by atoms with van der Waals surface area (Å²) in [5.74, 6) is 0.963. The number of aliphatic carboxylic acids is 1. The van der Waals surface area contributed by atoms with Crippen LogP contribution in [0.2, 0.25) is 0 Å². The second-order valence-corrected chi connectivity index (χ2v) is 9.68. The number of carbonyl (C=O) groups is 1. The third-order valence-corrected chi connectivity index (χ3v) is 6.90. The minimum atomic E-state index is -1.25. The molecule has 4 rings (SSSR count). The fourth-order valence-electron chi connectivity index (χ4n) is 5.08. The van der Waals surface area contributed by atoms with Crippen molar-refractivity contribution in [2.45, 2.75) is 63.9 Å². The average Bonchev–Trinajstić information content (AvgIpc) is 3.22. The monoisotopic (exact) mass is 434 g/mol. The fraction of sp³-hybridized carbons (Fsp3) is 0.393. The molecule has 3 aromatic rings. The van der Waals surface area contributed by atoms with E-state index in [1.54, 1.807) is 19.9 Å². The summed E-state index contributed by atoms with van der Waals surface area (Å²) in [6.07, 6.45) is 4.59. The Morgan fingerprint density at radius 2 is 1.75 bits per heavy atom. The van der Waals surface area contributed by atoms with Gasteiger partial charge in [-0.1, -0.05) is 49.4 Å². The second-order valence-electron chi connectivity index (χ2n) is 9.68. The van der Waals surface area contributed by atoms with Crippen molar-refractivity contribution in [2.75, 3.05) is 0 Å². The first-order valence-electron chi connectivity index (χ1n) is 11.4. The van der Waals surface area contributed by atoms with Crippen LogP contribution in [0.15, 0.2) is 60.7 Å². The molecule has 0 unspecified atom stereocenters. The molecule has 0 saturated heterocycles. The van der Waals surface area contributed by atoms with Crippen molar-refractivity contribution in [1.82, 2.24) is 0 Å². The Bertz CT molecular complexity index is 1100. The molecule has 1 aliphatic rings. The van der Waals surface area contributed by atoms with Gasteiger partial charge < -0.3 is 9.84 Å². The van der Waals surface area contributed by atoms with E-state index in [0.717, 1.165) is 24.6 Å². The number of rotatable bonds is 7. The van der Waals surface area contributed by atoms with E-state index in [1.807, 2.05) is 42.5 Å². The molecule has 0 spiro atoms. The van der Waals surface area contributed by atoms with Crippen LogP contribution < -0.4 is 4.74 Å². The van der Waals surface area contributed by atoms with Crippen molar-refractivity contribution in [3.8, 4) is 5.75 Å². The number of carboxylic acid groups (broad SMARTS) is 1. The van der Waals surface area contributed by atoms with Crippen LogP contribution in [0.4, 0.5) is 4.39 Å². The van der Waals surface area contributed by atoms with E-state index in [1.165, 1.54) is 17.5 Å². The average molecular weight is 435 g/mol. The quantitative estimate of drug-likeness (QED) is 0.424. The Kier molecular flexibility index (Phi) is 6.23. The number of ether oxygens (including phenoxy) is 1. The van der Waals surface area contributed by atoms with Gasteiger partial charge in [-0.3, -0.25) is 0 Å². The summed E-state index contributed by atoms with van der Waals surface area (Å²) in [6.45, 7) is 5.36. The zero-order chi connectivity index (χ0) is 22.9. The molecule has 4 heteroatoms. The molecule has 1 fully saturated rings. The maximum Gasteiger partial charge on any atom is 0.347 e. The number of hydrogen-bond acceptors (Lipinski definition) is 2. The fourth-order valence-corrected chi connectivity index (χ4v) is 5.08. The standard InChI is InChI=1S/C28H31FO3/c1-18(23-14-15-26(29)25-7-5-4-6-24(23)25)16-19-8-9-21(17-19)20-10-12-22(13-11-20)32-28(2,3)27(30)31/h4-7,10-15,18-19,21H,8-9,16-17H2,1-3H3,(H,30,31)/t18-,19+,21+/m0/s1. The van der Waals surface area contributed by atoms with Gasteiger partial charge >= 0.3 is 5.97 Å². The first-order chi connectivity index (χ1) is 15.2. The molecule has 0 radical (unpaired) electrons. The van der Waals surface area contributed by atoms with Gasteiger partial charge in [0.15, 0.2) is 5.60 Å². The topological polar surface area (TPSA) is 46.5 Å². The highest BCUT2D eigenvalue weighted by atomic mass is 19.1. The third kappa shape index (κ3) is 4.64. The molecular formula is C28H31FO3. The Morgan fingerprint density at radius 3 is 2.44 bits per heavy atom. The number of halogens is 1. The zero-order valence-corrected chi connectivity index (χ0v) is 19.0. The molecule has 0 aromatic heterocycles. The van der Waals surface area contributed by atoms with E-state index < -0.39 is 11.6 Å². The predicted molar refractivity (Wildman–Crippen MR) is 126 cm³/mol. The van der Waals surface area contributed by atoms with Gasteiger partial charge in [0.2, 0.25) is 0 Å². The molecule has 3 atom stereocenters. The van der Waals surface area contributed by atoms with E-state index in [2.05, 4.69) is 19.1 Å². The largest absolute Gasteiger partial charge is 0.478 e. The molecule has 1 N–H and O–H groups in total. The highest BCUT2D eigenvalue weighted by molar-refractivity contribution is 5.86. The number of hydrogen-bond donors (Lipinski definition) is 1. The lowest BCUT2D eigenvalue weighted by molar-refractivity contribution is -0.152. The molecule has 1 saturated carbocycles. The van der Waals surface area contributed by atoms with E-state index in [-0.39, 0.29) is 5.82 Å². The molecule has 3 aromatic carbocycles. The van der Waals surface area contributed by atoms with Gasteiger partial charge in [-0.25, -0.2) is 9.18 Å². The summed E-state index contributed by atoms with van der Waals surface area (Å²) < 4.78 is 19.8. The van der Waals surface area contributed by atoms with Crippen molar-refractivity contribution >= 4 is 16.7 Å². The summed E-state index contributed by atoms with van der Waals surface area (Å²) in [7, 11) is 0. The normalized spacial score (nSPS) is 19.8. The summed E-state index contributed by atoms with van der Waals surface area (Å²) in [5, 5.41) is 11.0. The number of fused-ring (bicyclic) bond motifs is 1. The lowest BCUT2D eigenvalue weighted by Gasteiger charge is -2.22. The molecule has 0 aliphatic heterocycles. The Morgan fingerprint density at radius 1 is 1.06 bits per heavy atom. The van der Waals surface area contributed by atoms with Crippen LogP contribution in [0.3, 0.4) is 0 Å². The third-order valence-electron chi connectivity index (χ3n) is 6.90. The molecule has 0 bridgehead atoms. The number of carboxylic acids is 1. The SMILES string of the molecule is C[C@@H](C[C@H]1CC[C@@H](c2ccc(OC(C)(C)C(=O)O)cc2)C1)c1ccc(F)c2ccccc12. The molecule has 0 amide bonds. The van der Waals surface area contributed by atoms with Crippen LogP contribution in [0.5, 0.6) is 5.75 Å². The number of benzene rings is 3. The molecule has 168 valence electrons. The lowest BCUT2D eigenvalue weighted by atomic mass is 9.86. The van der Waals surface area contributed by atoms with E-state index in [9.17, 15) is 14.3 Å². The minimum Gasteiger partial charge on any atom is -0.478 e. The Labute approximate surface area is 189 Å². The molecule has 0 heterocycles. The Hall–Kier alpha value is -2.88. The zero-order valence-electron chi connectivity index (χ0n) is 19.0. The molecule has 1 aliphatic carbocycles. The summed E-state index contributed by atoms with van der Waals surface area (Å²) in [6, 6.07) is 19.2. The molecule has 3 nitrogen and oxygen atoms in total. The first kappa shape index (κ1) is 22.3. The van der Waals surface area contributed by atoms with Crippen molar-refractivity contribution in [3.05, 3.63) is 77.6 Å². The minimum absolute atomic E-state index is 0.156. The summed E-state index contributed by atoms with van der Waals surface area (Å²) >= 11 is 0. The van der Waals surface area contributed by atoms with Gasteiger partial charge in [0.25, 0.3) is 0 Å². The summed E-state index contributed by atoms with van der Waals surface area (Å²) in [5.41, 5.74) is 1.27. The Balaban J connectivity index is 1.40.